The number of carbonyl (C=O) groups excluding carboxylic acids is 1. The van der Waals surface area contributed by atoms with E-state index in [1.54, 1.807) is 0 Å². The highest BCUT2D eigenvalue weighted by atomic mass is 16.5. The van der Waals surface area contributed by atoms with E-state index in [0.29, 0.717) is 6.54 Å². The van der Waals surface area contributed by atoms with Crippen LogP contribution in [0.2, 0.25) is 0 Å². The quantitative estimate of drug-likeness (QED) is 0.559. The second-order valence-corrected chi connectivity index (χ2v) is 6.30. The van der Waals surface area contributed by atoms with Gasteiger partial charge < -0.3 is 14.6 Å². The van der Waals surface area contributed by atoms with Gasteiger partial charge in [-0.25, -0.2) is 0 Å². The third-order valence-corrected chi connectivity index (χ3v) is 4.44. The lowest BCUT2D eigenvalue weighted by Crippen LogP contribution is -2.28. The lowest BCUT2D eigenvalue weighted by molar-refractivity contribution is -0.123. The van der Waals surface area contributed by atoms with Crippen LogP contribution in [-0.4, -0.2) is 17.1 Å². The number of nitrogens with one attached hydrogen (secondary N) is 1. The average molecular weight is 356 g/mol. The molecule has 0 aliphatic heterocycles. The topological polar surface area (TPSA) is 43.3 Å². The summed E-state index contributed by atoms with van der Waals surface area (Å²) >= 11 is 0. The Balaban J connectivity index is 1.32. The van der Waals surface area contributed by atoms with E-state index < -0.39 is 0 Å². The standard InChI is InChI=1S/C23H20N2O2/c26-23(17-27-22-9-5-7-19-6-1-2-8-21(19)22)24-16-18-10-12-20(13-11-18)25-14-3-4-15-25/h1-15H,16-17H2,(H,24,26). The van der Waals surface area contributed by atoms with Crippen LogP contribution in [0.5, 0.6) is 5.75 Å². The van der Waals surface area contributed by atoms with Gasteiger partial charge in [-0.1, -0.05) is 48.5 Å². The molecular weight excluding hydrogens is 336 g/mol. The minimum absolute atomic E-state index is 0.00451. The molecule has 4 nitrogen and oxygen atoms in total. The summed E-state index contributed by atoms with van der Waals surface area (Å²) in [7, 11) is 0. The van der Waals surface area contributed by atoms with Gasteiger partial charge in [-0.05, 0) is 41.3 Å². The van der Waals surface area contributed by atoms with E-state index in [4.69, 9.17) is 4.74 Å². The van der Waals surface area contributed by atoms with Gasteiger partial charge in [0.05, 0.1) is 0 Å². The van der Waals surface area contributed by atoms with E-state index in [-0.39, 0.29) is 12.5 Å². The van der Waals surface area contributed by atoms with Crippen LogP contribution in [0.3, 0.4) is 0 Å². The summed E-state index contributed by atoms with van der Waals surface area (Å²) in [6.07, 6.45) is 4.00. The molecule has 4 rings (SSSR count). The number of amides is 1. The molecule has 4 aromatic rings. The monoisotopic (exact) mass is 356 g/mol. The summed E-state index contributed by atoms with van der Waals surface area (Å²) in [6, 6.07) is 25.9. The van der Waals surface area contributed by atoms with Crippen molar-refractivity contribution in [3.8, 4) is 11.4 Å². The van der Waals surface area contributed by atoms with Gasteiger partial charge in [0, 0.05) is 30.0 Å². The molecule has 0 bridgehead atoms. The Morgan fingerprint density at radius 3 is 2.41 bits per heavy atom. The number of hydrogen-bond donors (Lipinski definition) is 1. The number of hydrogen-bond acceptors (Lipinski definition) is 2. The largest absolute Gasteiger partial charge is 0.483 e. The summed E-state index contributed by atoms with van der Waals surface area (Å²) in [4.78, 5) is 12.1. The summed E-state index contributed by atoms with van der Waals surface area (Å²) in [5, 5.41) is 5.00. The van der Waals surface area contributed by atoms with Crippen molar-refractivity contribution >= 4 is 16.7 Å². The van der Waals surface area contributed by atoms with Crippen molar-refractivity contribution < 1.29 is 9.53 Å². The van der Waals surface area contributed by atoms with Crippen molar-refractivity contribution in [2.45, 2.75) is 6.54 Å². The number of carbonyl (C=O) groups is 1. The van der Waals surface area contributed by atoms with E-state index in [0.717, 1.165) is 27.8 Å². The lowest BCUT2D eigenvalue weighted by Gasteiger charge is -2.10. The zero-order chi connectivity index (χ0) is 18.5. The van der Waals surface area contributed by atoms with Crippen LogP contribution < -0.4 is 10.1 Å². The van der Waals surface area contributed by atoms with Gasteiger partial charge in [-0.3, -0.25) is 4.79 Å². The van der Waals surface area contributed by atoms with Gasteiger partial charge in [0.2, 0.25) is 0 Å². The van der Waals surface area contributed by atoms with E-state index in [9.17, 15) is 4.79 Å². The van der Waals surface area contributed by atoms with Crippen LogP contribution in [0, 0.1) is 0 Å². The van der Waals surface area contributed by atoms with Crippen LogP contribution >= 0.6 is 0 Å². The fourth-order valence-electron chi connectivity index (χ4n) is 3.01. The van der Waals surface area contributed by atoms with Gasteiger partial charge in [-0.2, -0.15) is 0 Å². The zero-order valence-electron chi connectivity index (χ0n) is 14.8. The molecule has 0 spiro atoms. The molecular formula is C23H20N2O2. The molecule has 0 fully saturated rings. The fraction of sp³-hybridized carbons (Fsp3) is 0.0870. The van der Waals surface area contributed by atoms with Crippen molar-refractivity contribution in [2.24, 2.45) is 0 Å². The average Bonchev–Trinajstić information content (AvgIpc) is 3.26. The van der Waals surface area contributed by atoms with Crippen LogP contribution in [0.4, 0.5) is 0 Å². The van der Waals surface area contributed by atoms with E-state index in [1.165, 1.54) is 0 Å². The summed E-state index contributed by atoms with van der Waals surface area (Å²) < 4.78 is 7.76. The Labute approximate surface area is 158 Å². The van der Waals surface area contributed by atoms with Gasteiger partial charge >= 0.3 is 0 Å². The predicted octanol–water partition coefficient (Wildman–Crippen LogP) is 4.33. The highest BCUT2D eigenvalue weighted by molar-refractivity contribution is 5.88. The molecule has 0 unspecified atom stereocenters. The minimum atomic E-state index is -0.141. The molecule has 0 atom stereocenters. The third-order valence-electron chi connectivity index (χ3n) is 4.44. The zero-order valence-corrected chi connectivity index (χ0v) is 14.8. The van der Waals surface area contributed by atoms with Crippen LogP contribution in [0.15, 0.2) is 91.3 Å². The molecule has 0 aliphatic rings. The van der Waals surface area contributed by atoms with Crippen LogP contribution in [0.1, 0.15) is 5.56 Å². The fourth-order valence-corrected chi connectivity index (χ4v) is 3.01. The number of rotatable bonds is 6. The molecule has 0 saturated carbocycles. The summed E-state index contributed by atoms with van der Waals surface area (Å²) in [6.45, 7) is 0.471. The van der Waals surface area contributed by atoms with Gasteiger partial charge in [0.1, 0.15) is 5.75 Å². The Kier molecular flexibility index (Phi) is 4.88. The first-order valence-corrected chi connectivity index (χ1v) is 8.89. The Morgan fingerprint density at radius 1 is 0.852 bits per heavy atom. The van der Waals surface area contributed by atoms with E-state index >= 15 is 0 Å². The Hall–Kier alpha value is -3.53. The van der Waals surface area contributed by atoms with Gasteiger partial charge in [0.25, 0.3) is 5.91 Å². The molecule has 1 aromatic heterocycles. The molecule has 134 valence electrons. The molecule has 0 radical (unpaired) electrons. The van der Waals surface area contributed by atoms with Crippen molar-refractivity contribution in [1.29, 1.82) is 0 Å². The third kappa shape index (κ3) is 4.01. The Bertz CT molecular complexity index is 1030. The lowest BCUT2D eigenvalue weighted by atomic mass is 10.1. The highest BCUT2D eigenvalue weighted by Gasteiger charge is 2.06. The molecule has 1 N–H and O–H groups in total. The second-order valence-electron chi connectivity index (χ2n) is 6.30. The molecule has 3 aromatic carbocycles. The van der Waals surface area contributed by atoms with E-state index in [2.05, 4.69) is 5.32 Å². The molecule has 1 amide bonds. The summed E-state index contributed by atoms with van der Waals surface area (Å²) in [5.41, 5.74) is 2.14. The molecule has 27 heavy (non-hydrogen) atoms. The smallest absolute Gasteiger partial charge is 0.258 e. The summed E-state index contributed by atoms with van der Waals surface area (Å²) in [5.74, 6) is 0.580. The number of ether oxygens (including phenoxy) is 1. The minimum Gasteiger partial charge on any atom is -0.483 e. The Morgan fingerprint density at radius 2 is 1.59 bits per heavy atom. The highest BCUT2D eigenvalue weighted by Crippen LogP contribution is 2.24. The first kappa shape index (κ1) is 16.9. The number of nitrogens with zero attached hydrogens (tertiary/aromatic N) is 1. The van der Waals surface area contributed by atoms with Crippen molar-refractivity contribution in [1.82, 2.24) is 9.88 Å². The molecule has 0 aliphatic carbocycles. The maximum absolute atomic E-state index is 12.1. The molecule has 4 heteroatoms. The number of fused-ring (bicyclic) bond motifs is 1. The van der Waals surface area contributed by atoms with Gasteiger partial charge in [-0.15, -0.1) is 0 Å². The second kappa shape index (κ2) is 7.79. The predicted molar refractivity (Wildman–Crippen MR) is 107 cm³/mol. The maximum Gasteiger partial charge on any atom is 0.258 e. The van der Waals surface area contributed by atoms with E-state index in [1.807, 2.05) is 95.8 Å². The normalized spacial score (nSPS) is 10.7. The van der Waals surface area contributed by atoms with Crippen molar-refractivity contribution in [3.63, 3.8) is 0 Å². The number of benzene rings is 3. The van der Waals surface area contributed by atoms with Crippen LogP contribution in [-0.2, 0) is 11.3 Å². The first-order valence-electron chi connectivity index (χ1n) is 8.89. The number of aromatic nitrogens is 1. The maximum atomic E-state index is 12.1. The van der Waals surface area contributed by atoms with Gasteiger partial charge in [0.15, 0.2) is 6.61 Å². The van der Waals surface area contributed by atoms with Crippen LogP contribution in [0.25, 0.3) is 16.5 Å². The SMILES string of the molecule is O=C(COc1cccc2ccccc12)NCc1ccc(-n2cccc2)cc1. The molecule has 1 heterocycles. The molecule has 0 saturated heterocycles. The van der Waals surface area contributed by atoms with Crippen molar-refractivity contribution in [2.75, 3.05) is 6.61 Å². The first-order chi connectivity index (χ1) is 13.3. The van der Waals surface area contributed by atoms with Crippen molar-refractivity contribution in [3.05, 3.63) is 96.8 Å².